The Morgan fingerprint density at radius 3 is 2.86 bits per heavy atom. The number of imidazole rings is 1. The van der Waals surface area contributed by atoms with Crippen molar-refractivity contribution in [2.45, 2.75) is 31.7 Å². The molecule has 0 N–H and O–H groups in total. The molecule has 0 bridgehead atoms. The number of alkyl halides is 1. The molecule has 1 amide bonds. The molecule has 1 unspecified atom stereocenters. The Kier molecular flexibility index (Phi) is 4.17. The van der Waals surface area contributed by atoms with Gasteiger partial charge in [-0.15, -0.1) is 11.6 Å². The summed E-state index contributed by atoms with van der Waals surface area (Å²) in [7, 11) is 0. The number of hydrogen-bond donors (Lipinski definition) is 0. The number of nitrogens with zero attached hydrogens (tertiary/aromatic N) is 4. The first-order valence-electron chi connectivity index (χ1n) is 6.99. The quantitative estimate of drug-likeness (QED) is 0.779. The molecule has 1 atom stereocenters. The number of halogens is 2. The predicted molar refractivity (Wildman–Crippen MR) is 85.3 cm³/mol. The molecule has 112 valence electrons. The fourth-order valence-electron chi connectivity index (χ4n) is 2.82. The molecule has 7 heteroatoms. The third-order valence-corrected chi connectivity index (χ3v) is 4.52. The molecule has 3 rings (SSSR count). The lowest BCUT2D eigenvalue weighted by Crippen LogP contribution is -2.34. The smallest absolute Gasteiger partial charge is 0.245 e. The fourth-order valence-corrected chi connectivity index (χ4v) is 3.33. The zero-order chi connectivity index (χ0) is 15.0. The Labute approximate surface area is 136 Å². The van der Waals surface area contributed by atoms with Crippen molar-refractivity contribution in [2.75, 3.05) is 13.1 Å². The second-order valence-electron chi connectivity index (χ2n) is 5.24. The van der Waals surface area contributed by atoms with Crippen molar-refractivity contribution < 1.29 is 4.79 Å². The molecule has 0 saturated carbocycles. The molecule has 0 aromatic carbocycles. The Bertz CT molecular complexity index is 681. The Morgan fingerprint density at radius 1 is 1.48 bits per heavy atom. The Balaban J connectivity index is 2.03. The van der Waals surface area contributed by atoms with Crippen LogP contribution >= 0.6 is 27.5 Å². The van der Waals surface area contributed by atoms with Crippen LogP contribution in [0.2, 0.25) is 0 Å². The number of fused-ring (bicyclic) bond motifs is 1. The molecule has 3 heterocycles. The molecule has 2 aromatic heterocycles. The van der Waals surface area contributed by atoms with Gasteiger partial charge in [-0.3, -0.25) is 9.36 Å². The molecular formula is C14H16BrClN4O. The van der Waals surface area contributed by atoms with Gasteiger partial charge < -0.3 is 4.90 Å². The zero-order valence-electron chi connectivity index (χ0n) is 11.7. The molecule has 1 saturated heterocycles. The van der Waals surface area contributed by atoms with Crippen molar-refractivity contribution in [3.8, 4) is 0 Å². The highest BCUT2D eigenvalue weighted by molar-refractivity contribution is 9.10. The van der Waals surface area contributed by atoms with Crippen LogP contribution in [-0.4, -0.2) is 38.4 Å². The van der Waals surface area contributed by atoms with Crippen molar-refractivity contribution in [1.29, 1.82) is 0 Å². The van der Waals surface area contributed by atoms with Crippen LogP contribution in [0.1, 0.15) is 31.6 Å². The topological polar surface area (TPSA) is 51.0 Å². The minimum atomic E-state index is -0.337. The van der Waals surface area contributed by atoms with E-state index >= 15 is 0 Å². The van der Waals surface area contributed by atoms with E-state index in [1.165, 1.54) is 0 Å². The SMILES string of the molecule is CC(C(=O)N1CCCC1)n1c(CCl)nc2cc(Br)cnc21. The van der Waals surface area contributed by atoms with E-state index in [9.17, 15) is 4.79 Å². The summed E-state index contributed by atoms with van der Waals surface area (Å²) in [6.45, 7) is 3.57. The summed E-state index contributed by atoms with van der Waals surface area (Å²) < 4.78 is 2.72. The summed E-state index contributed by atoms with van der Waals surface area (Å²) in [5, 5.41) is 0. The van der Waals surface area contributed by atoms with Gasteiger partial charge in [-0.2, -0.15) is 0 Å². The van der Waals surface area contributed by atoms with Gasteiger partial charge in [0.25, 0.3) is 0 Å². The normalized spacial score (nSPS) is 16.6. The Morgan fingerprint density at radius 2 is 2.19 bits per heavy atom. The number of carbonyl (C=O) groups excluding carboxylic acids is 1. The van der Waals surface area contributed by atoms with Gasteiger partial charge in [0.15, 0.2) is 5.65 Å². The van der Waals surface area contributed by atoms with Crippen LogP contribution in [0.25, 0.3) is 11.2 Å². The second kappa shape index (κ2) is 5.93. The van der Waals surface area contributed by atoms with Gasteiger partial charge in [0.1, 0.15) is 17.4 Å². The van der Waals surface area contributed by atoms with E-state index in [-0.39, 0.29) is 17.8 Å². The lowest BCUT2D eigenvalue weighted by molar-refractivity contribution is -0.133. The highest BCUT2D eigenvalue weighted by Crippen LogP contribution is 2.25. The number of hydrogen-bond acceptors (Lipinski definition) is 3. The Hall–Kier alpha value is -1.14. The molecule has 1 aliphatic heterocycles. The molecule has 2 aromatic rings. The van der Waals surface area contributed by atoms with Crippen LogP contribution < -0.4 is 0 Å². The molecule has 21 heavy (non-hydrogen) atoms. The standard InChI is InChI=1S/C14H16BrClN4O/c1-9(14(21)19-4-2-3-5-19)20-12(7-16)18-11-6-10(15)8-17-13(11)20/h6,8-9H,2-5,7H2,1H3. The summed E-state index contributed by atoms with van der Waals surface area (Å²) in [4.78, 5) is 23.4. The van der Waals surface area contributed by atoms with Crippen molar-refractivity contribution >= 4 is 44.6 Å². The van der Waals surface area contributed by atoms with Crippen molar-refractivity contribution in [3.63, 3.8) is 0 Å². The van der Waals surface area contributed by atoms with Crippen LogP contribution in [0.15, 0.2) is 16.7 Å². The zero-order valence-corrected chi connectivity index (χ0v) is 14.1. The van der Waals surface area contributed by atoms with Gasteiger partial charge in [-0.1, -0.05) is 0 Å². The van der Waals surface area contributed by atoms with Crippen LogP contribution in [0, 0.1) is 0 Å². The number of likely N-dealkylation sites (tertiary alicyclic amines) is 1. The average Bonchev–Trinajstić information content (AvgIpc) is 3.12. The number of rotatable bonds is 3. The van der Waals surface area contributed by atoms with Crippen LogP contribution in [0.3, 0.4) is 0 Å². The van der Waals surface area contributed by atoms with Gasteiger partial charge >= 0.3 is 0 Å². The number of aromatic nitrogens is 3. The van der Waals surface area contributed by atoms with Gasteiger partial charge in [0, 0.05) is 23.8 Å². The van der Waals surface area contributed by atoms with E-state index in [1.54, 1.807) is 6.20 Å². The van der Waals surface area contributed by atoms with Crippen molar-refractivity contribution in [1.82, 2.24) is 19.4 Å². The monoisotopic (exact) mass is 370 g/mol. The summed E-state index contributed by atoms with van der Waals surface area (Å²) in [6.07, 6.45) is 3.87. The lowest BCUT2D eigenvalue weighted by Gasteiger charge is -2.22. The average molecular weight is 372 g/mol. The summed E-state index contributed by atoms with van der Waals surface area (Å²) in [6, 6.07) is 1.55. The molecule has 0 aliphatic carbocycles. The maximum Gasteiger partial charge on any atom is 0.245 e. The maximum atomic E-state index is 12.6. The van der Waals surface area contributed by atoms with Crippen LogP contribution in [-0.2, 0) is 10.7 Å². The van der Waals surface area contributed by atoms with Gasteiger partial charge in [0.2, 0.25) is 5.91 Å². The van der Waals surface area contributed by atoms with E-state index in [4.69, 9.17) is 11.6 Å². The van der Waals surface area contributed by atoms with Gasteiger partial charge in [0.05, 0.1) is 5.88 Å². The molecular weight excluding hydrogens is 356 g/mol. The van der Waals surface area contributed by atoms with Crippen molar-refractivity contribution in [2.24, 2.45) is 0 Å². The van der Waals surface area contributed by atoms with Crippen LogP contribution in [0.4, 0.5) is 0 Å². The number of carbonyl (C=O) groups is 1. The van der Waals surface area contributed by atoms with E-state index < -0.39 is 0 Å². The number of amides is 1. The molecule has 0 spiro atoms. The molecule has 5 nitrogen and oxygen atoms in total. The second-order valence-corrected chi connectivity index (χ2v) is 6.42. The summed E-state index contributed by atoms with van der Waals surface area (Å²) in [5.74, 6) is 1.05. The van der Waals surface area contributed by atoms with E-state index in [2.05, 4.69) is 25.9 Å². The van der Waals surface area contributed by atoms with Gasteiger partial charge in [-0.05, 0) is 41.8 Å². The molecule has 0 radical (unpaired) electrons. The van der Waals surface area contributed by atoms with E-state index in [1.807, 2.05) is 22.5 Å². The third-order valence-electron chi connectivity index (χ3n) is 3.85. The molecule has 1 aliphatic rings. The van der Waals surface area contributed by atoms with E-state index in [0.29, 0.717) is 11.5 Å². The highest BCUT2D eigenvalue weighted by Gasteiger charge is 2.27. The molecule has 1 fully saturated rings. The first-order chi connectivity index (χ1) is 10.1. The first-order valence-corrected chi connectivity index (χ1v) is 8.31. The summed E-state index contributed by atoms with van der Waals surface area (Å²) in [5.41, 5.74) is 1.45. The first kappa shape index (κ1) is 14.8. The predicted octanol–water partition coefficient (Wildman–Crippen LogP) is 3.12. The summed E-state index contributed by atoms with van der Waals surface area (Å²) >= 11 is 9.39. The minimum Gasteiger partial charge on any atom is -0.341 e. The van der Waals surface area contributed by atoms with Gasteiger partial charge in [-0.25, -0.2) is 9.97 Å². The highest BCUT2D eigenvalue weighted by atomic mass is 79.9. The van der Waals surface area contributed by atoms with Crippen LogP contribution in [0.5, 0.6) is 0 Å². The number of pyridine rings is 1. The maximum absolute atomic E-state index is 12.6. The largest absolute Gasteiger partial charge is 0.341 e. The van der Waals surface area contributed by atoms with Crippen molar-refractivity contribution in [3.05, 3.63) is 22.6 Å². The minimum absolute atomic E-state index is 0.114. The van der Waals surface area contributed by atoms with E-state index in [0.717, 1.165) is 35.9 Å². The third kappa shape index (κ3) is 2.66. The fraction of sp³-hybridized carbons (Fsp3) is 0.500. The lowest BCUT2D eigenvalue weighted by atomic mass is 10.2.